The van der Waals surface area contributed by atoms with Gasteiger partial charge < -0.3 is 4.74 Å². The Morgan fingerprint density at radius 1 is 1.06 bits per heavy atom. The van der Waals surface area contributed by atoms with Crippen molar-refractivity contribution in [3.05, 3.63) is 79.8 Å². The molecule has 1 fully saturated rings. The van der Waals surface area contributed by atoms with Crippen molar-refractivity contribution < 1.29 is 14.3 Å². The van der Waals surface area contributed by atoms with Crippen LogP contribution in [-0.4, -0.2) is 28.4 Å². The van der Waals surface area contributed by atoms with E-state index in [9.17, 15) is 9.59 Å². The van der Waals surface area contributed by atoms with Gasteiger partial charge in [0.25, 0.3) is 11.8 Å². The lowest BCUT2D eigenvalue weighted by Gasteiger charge is -2.27. The molecule has 1 aliphatic rings. The molecule has 0 aliphatic carbocycles. The van der Waals surface area contributed by atoms with Crippen LogP contribution in [0.15, 0.2) is 48.6 Å². The lowest BCUT2D eigenvalue weighted by Crippen LogP contribution is -2.53. The quantitative estimate of drug-likeness (QED) is 0.232. The second-order valence-corrected chi connectivity index (χ2v) is 8.40. The van der Waals surface area contributed by atoms with Gasteiger partial charge in [-0.15, -0.1) is 6.58 Å². The van der Waals surface area contributed by atoms with Crippen molar-refractivity contribution in [1.82, 2.24) is 10.2 Å². The van der Waals surface area contributed by atoms with Gasteiger partial charge in [0.2, 0.25) is 0 Å². The smallest absolute Gasteiger partial charge is 0.265 e. The van der Waals surface area contributed by atoms with E-state index in [4.69, 9.17) is 63.4 Å². The zero-order chi connectivity index (χ0) is 22.7. The number of ether oxygens (including phenoxy) is 1. The first-order chi connectivity index (χ1) is 14.7. The van der Waals surface area contributed by atoms with Crippen LogP contribution >= 0.6 is 58.6 Å². The van der Waals surface area contributed by atoms with Gasteiger partial charge >= 0.3 is 0 Å². The Morgan fingerprint density at radius 2 is 1.74 bits per heavy atom. The van der Waals surface area contributed by atoms with Crippen molar-refractivity contribution in [2.24, 2.45) is 0 Å². The van der Waals surface area contributed by atoms with Crippen LogP contribution in [0.3, 0.4) is 0 Å². The maximum Gasteiger partial charge on any atom is 0.265 e. The predicted octanol–water partition coefficient (Wildman–Crippen LogP) is 5.69. The summed E-state index contributed by atoms with van der Waals surface area (Å²) in [5, 5.41) is 3.85. The Bertz CT molecular complexity index is 1110. The Hall–Kier alpha value is -2.09. The number of thiocarbonyl (C=S) groups is 1. The van der Waals surface area contributed by atoms with Crippen LogP contribution in [0.2, 0.25) is 20.1 Å². The van der Waals surface area contributed by atoms with Crippen molar-refractivity contribution in [2.45, 2.75) is 6.61 Å². The number of benzene rings is 2. The zero-order valence-electron chi connectivity index (χ0n) is 15.8. The minimum atomic E-state index is -0.611. The molecule has 0 atom stereocenters. The highest BCUT2D eigenvalue weighted by Gasteiger charge is 2.32. The maximum atomic E-state index is 12.6. The number of nitrogens with one attached hydrogen (secondary N) is 1. The number of halogens is 4. The molecule has 0 spiro atoms. The molecule has 1 aliphatic heterocycles. The molecule has 0 bridgehead atoms. The molecule has 0 saturated carbocycles. The van der Waals surface area contributed by atoms with Crippen LogP contribution in [0.1, 0.15) is 11.1 Å². The molecule has 5 nitrogen and oxygen atoms in total. The highest BCUT2D eigenvalue weighted by atomic mass is 35.5. The largest absolute Gasteiger partial charge is 0.486 e. The van der Waals surface area contributed by atoms with Gasteiger partial charge in [-0.2, -0.15) is 0 Å². The molecular formula is C21H14Cl4N2O3S. The molecule has 1 N–H and O–H groups in total. The van der Waals surface area contributed by atoms with Gasteiger partial charge in [0.05, 0.1) is 10.0 Å². The lowest BCUT2D eigenvalue weighted by molar-refractivity contribution is -0.128. The lowest BCUT2D eigenvalue weighted by atomic mass is 10.1. The summed E-state index contributed by atoms with van der Waals surface area (Å²) in [6.07, 6.45) is 2.89. The second-order valence-electron chi connectivity index (χ2n) is 6.36. The molecule has 160 valence electrons. The van der Waals surface area contributed by atoms with Crippen molar-refractivity contribution in [1.29, 1.82) is 0 Å². The van der Waals surface area contributed by atoms with Crippen molar-refractivity contribution >= 4 is 81.6 Å². The summed E-state index contributed by atoms with van der Waals surface area (Å²) in [5.41, 5.74) is 1.04. The van der Waals surface area contributed by atoms with Gasteiger partial charge in [-0.05, 0) is 48.1 Å². The van der Waals surface area contributed by atoms with Crippen molar-refractivity contribution in [3.63, 3.8) is 0 Å². The van der Waals surface area contributed by atoms with E-state index in [0.717, 1.165) is 0 Å². The third-order valence-electron chi connectivity index (χ3n) is 4.22. The van der Waals surface area contributed by atoms with Crippen LogP contribution in [0.5, 0.6) is 5.75 Å². The maximum absolute atomic E-state index is 12.6. The van der Waals surface area contributed by atoms with Gasteiger partial charge in [0.1, 0.15) is 12.2 Å². The summed E-state index contributed by atoms with van der Waals surface area (Å²) in [5.74, 6) is -0.913. The molecule has 2 aromatic carbocycles. The summed E-state index contributed by atoms with van der Waals surface area (Å²) >= 11 is 29.8. The number of rotatable bonds is 6. The van der Waals surface area contributed by atoms with E-state index >= 15 is 0 Å². The zero-order valence-corrected chi connectivity index (χ0v) is 19.6. The molecule has 2 aromatic rings. The number of carbonyl (C=O) groups is 2. The van der Waals surface area contributed by atoms with Gasteiger partial charge in [0, 0.05) is 22.2 Å². The first-order valence-corrected chi connectivity index (χ1v) is 10.7. The molecule has 0 radical (unpaired) electrons. The molecule has 3 rings (SSSR count). The molecule has 1 saturated heterocycles. The van der Waals surface area contributed by atoms with E-state index in [1.807, 2.05) is 0 Å². The Morgan fingerprint density at radius 3 is 2.35 bits per heavy atom. The van der Waals surface area contributed by atoms with Gasteiger partial charge in [-0.3, -0.25) is 19.8 Å². The third kappa shape index (κ3) is 5.40. The van der Waals surface area contributed by atoms with Crippen LogP contribution in [-0.2, 0) is 16.2 Å². The van der Waals surface area contributed by atoms with Gasteiger partial charge in [0.15, 0.2) is 10.9 Å². The number of hydrogen-bond donors (Lipinski definition) is 1. The van der Waals surface area contributed by atoms with E-state index in [1.165, 1.54) is 29.2 Å². The standard InChI is InChI=1S/C21H14Cl4N2O3S/c1-2-5-27-20(29)14(19(28)26-21(27)31)6-11-7-16(24)18(17(25)8-11)30-10-12-3-4-13(22)9-15(12)23/h2-4,6-9H,1,5,10H2,(H,26,28,31)/b14-6+. The fourth-order valence-electron chi connectivity index (χ4n) is 2.74. The van der Waals surface area contributed by atoms with Crippen LogP contribution < -0.4 is 10.1 Å². The predicted molar refractivity (Wildman–Crippen MR) is 128 cm³/mol. The second kappa shape index (κ2) is 10.0. The summed E-state index contributed by atoms with van der Waals surface area (Å²) in [6, 6.07) is 8.10. The Labute approximate surface area is 204 Å². The Kier molecular flexibility index (Phi) is 7.62. The monoisotopic (exact) mass is 514 g/mol. The van der Waals surface area contributed by atoms with Gasteiger partial charge in [-0.25, -0.2) is 0 Å². The van der Waals surface area contributed by atoms with E-state index in [1.54, 1.807) is 18.2 Å². The average molecular weight is 516 g/mol. The summed E-state index contributed by atoms with van der Waals surface area (Å²) in [7, 11) is 0. The number of carbonyl (C=O) groups excluding carboxylic acids is 2. The molecule has 1 heterocycles. The summed E-state index contributed by atoms with van der Waals surface area (Å²) in [6.45, 7) is 3.86. The minimum Gasteiger partial charge on any atom is -0.486 e. The first-order valence-electron chi connectivity index (χ1n) is 8.76. The van der Waals surface area contributed by atoms with E-state index < -0.39 is 11.8 Å². The highest BCUT2D eigenvalue weighted by Crippen LogP contribution is 2.36. The Balaban J connectivity index is 1.85. The fourth-order valence-corrected chi connectivity index (χ4v) is 4.07. The molecule has 2 amide bonds. The summed E-state index contributed by atoms with van der Waals surface area (Å²) in [4.78, 5) is 26.1. The van der Waals surface area contributed by atoms with Crippen molar-refractivity contribution in [3.8, 4) is 5.75 Å². The average Bonchev–Trinajstić information content (AvgIpc) is 2.69. The molecule has 10 heteroatoms. The van der Waals surface area contributed by atoms with Gasteiger partial charge in [-0.1, -0.05) is 58.5 Å². The summed E-state index contributed by atoms with van der Waals surface area (Å²) < 4.78 is 5.73. The van der Waals surface area contributed by atoms with E-state index in [0.29, 0.717) is 21.2 Å². The van der Waals surface area contributed by atoms with E-state index in [2.05, 4.69) is 11.9 Å². The first kappa shape index (κ1) is 23.6. The highest BCUT2D eigenvalue weighted by molar-refractivity contribution is 7.80. The third-order valence-corrected chi connectivity index (χ3v) is 5.69. The van der Waals surface area contributed by atoms with Crippen LogP contribution in [0.4, 0.5) is 0 Å². The molecule has 0 unspecified atom stereocenters. The number of nitrogens with zero attached hydrogens (tertiary/aromatic N) is 1. The van der Waals surface area contributed by atoms with Crippen molar-refractivity contribution in [2.75, 3.05) is 6.54 Å². The normalized spacial score (nSPS) is 15.3. The van der Waals surface area contributed by atoms with E-state index in [-0.39, 0.29) is 39.6 Å². The number of amides is 2. The SMILES string of the molecule is C=CCN1C(=O)/C(=C/c2cc(Cl)c(OCc3ccc(Cl)cc3Cl)c(Cl)c2)C(=O)NC1=S. The van der Waals surface area contributed by atoms with Crippen LogP contribution in [0, 0.1) is 0 Å². The molecule has 31 heavy (non-hydrogen) atoms. The number of hydrogen-bond acceptors (Lipinski definition) is 4. The van der Waals surface area contributed by atoms with Crippen LogP contribution in [0.25, 0.3) is 6.08 Å². The molecule has 0 aromatic heterocycles. The minimum absolute atomic E-state index is 0.0210. The fraction of sp³-hybridized carbons (Fsp3) is 0.0952. The topological polar surface area (TPSA) is 58.6 Å². The molecular weight excluding hydrogens is 502 g/mol.